The first-order valence-electron chi connectivity index (χ1n) is 9.88. The summed E-state index contributed by atoms with van der Waals surface area (Å²) in [7, 11) is -3.46. The number of carbonyl (C=O) groups excluding carboxylic acids is 1. The maximum Gasteiger partial charge on any atom is 0.253 e. The Balaban J connectivity index is 1.76. The molecule has 0 saturated carbocycles. The summed E-state index contributed by atoms with van der Waals surface area (Å²) in [5, 5.41) is 12.8. The van der Waals surface area contributed by atoms with Crippen molar-refractivity contribution < 1.29 is 18.3 Å². The van der Waals surface area contributed by atoms with Crippen molar-refractivity contribution in [2.45, 2.75) is 37.4 Å². The number of halogens is 2. The zero-order valence-electron chi connectivity index (χ0n) is 17.1. The van der Waals surface area contributed by atoms with Gasteiger partial charge in [-0.15, -0.1) is 0 Å². The smallest absolute Gasteiger partial charge is 0.253 e. The molecule has 168 valence electrons. The molecular weight excluding hydrogens is 506 g/mol. The molecule has 0 aromatic heterocycles. The molecule has 1 aliphatic heterocycles. The fraction of sp³-hybridized carbons (Fsp3) is 0.381. The predicted molar refractivity (Wildman–Crippen MR) is 125 cm³/mol. The largest absolute Gasteiger partial charge is 0.398 e. The van der Waals surface area contributed by atoms with Crippen LogP contribution < -0.4 is 11.1 Å². The van der Waals surface area contributed by atoms with Crippen LogP contribution in [0.25, 0.3) is 0 Å². The topological polar surface area (TPSA) is 113 Å². The second-order valence-electron chi connectivity index (χ2n) is 7.55. The summed E-state index contributed by atoms with van der Waals surface area (Å²) >= 11 is 9.53. The summed E-state index contributed by atoms with van der Waals surface area (Å²) in [5.41, 5.74) is 8.10. The van der Waals surface area contributed by atoms with Gasteiger partial charge in [0.2, 0.25) is 0 Å². The third-order valence-corrected chi connectivity index (χ3v) is 8.08. The highest BCUT2D eigenvalue weighted by molar-refractivity contribution is 9.10. The second kappa shape index (κ2) is 9.87. The molecule has 31 heavy (non-hydrogen) atoms. The van der Waals surface area contributed by atoms with Crippen LogP contribution in [0.5, 0.6) is 0 Å². The highest BCUT2D eigenvalue weighted by atomic mass is 79.9. The van der Waals surface area contributed by atoms with Crippen molar-refractivity contribution in [2.75, 3.05) is 24.6 Å². The number of hydrogen-bond donors (Lipinski definition) is 3. The minimum absolute atomic E-state index is 0.00155. The number of aliphatic hydroxyl groups excluding tert-OH is 1. The molecule has 1 heterocycles. The SMILES string of the molecule is CCS(=O)(=O)c1ccc(Cl)cc1CNC(=O)c1cc(Br)c(CN2CCC(O)C2)cc1N. The third-order valence-electron chi connectivity index (χ3n) is 5.28. The van der Waals surface area contributed by atoms with E-state index < -0.39 is 15.7 Å². The molecule has 2 aromatic carbocycles. The van der Waals surface area contributed by atoms with Gasteiger partial charge in [-0.05, 0) is 47.9 Å². The molecule has 1 atom stereocenters. The van der Waals surface area contributed by atoms with Crippen LogP contribution in [-0.2, 0) is 22.9 Å². The van der Waals surface area contributed by atoms with E-state index in [1.807, 2.05) is 0 Å². The molecule has 1 aliphatic rings. The van der Waals surface area contributed by atoms with Gasteiger partial charge >= 0.3 is 0 Å². The van der Waals surface area contributed by atoms with Crippen molar-refractivity contribution in [3.05, 3.63) is 56.5 Å². The van der Waals surface area contributed by atoms with Crippen LogP contribution in [0.15, 0.2) is 39.7 Å². The number of hydrogen-bond acceptors (Lipinski definition) is 6. The van der Waals surface area contributed by atoms with Gasteiger partial charge < -0.3 is 16.2 Å². The summed E-state index contributed by atoms with van der Waals surface area (Å²) in [4.78, 5) is 15.0. The first-order chi connectivity index (χ1) is 14.6. The molecule has 0 spiro atoms. The van der Waals surface area contributed by atoms with Gasteiger partial charge in [-0.25, -0.2) is 8.42 Å². The van der Waals surface area contributed by atoms with Crippen LogP contribution in [0.4, 0.5) is 5.69 Å². The van der Waals surface area contributed by atoms with Crippen molar-refractivity contribution in [2.24, 2.45) is 0 Å². The van der Waals surface area contributed by atoms with Crippen molar-refractivity contribution in [3.8, 4) is 0 Å². The van der Waals surface area contributed by atoms with Crippen LogP contribution in [0.3, 0.4) is 0 Å². The standard InChI is InChI=1S/C21H25BrClN3O4S/c1-2-31(29,30)20-4-3-15(23)7-13(20)10-25-21(28)17-9-18(22)14(8-19(17)24)11-26-6-5-16(27)12-26/h3-4,7-9,16,27H,2,5-6,10-12,24H2,1H3,(H,25,28). The van der Waals surface area contributed by atoms with Gasteiger partial charge in [0.25, 0.3) is 5.91 Å². The lowest BCUT2D eigenvalue weighted by Gasteiger charge is -2.18. The lowest BCUT2D eigenvalue weighted by atomic mass is 10.1. The first-order valence-corrected chi connectivity index (χ1v) is 12.7. The highest BCUT2D eigenvalue weighted by Gasteiger charge is 2.22. The normalized spacial score (nSPS) is 17.1. The Kier molecular flexibility index (Phi) is 7.64. The molecule has 7 nitrogen and oxygen atoms in total. The number of aliphatic hydroxyl groups is 1. The lowest BCUT2D eigenvalue weighted by Crippen LogP contribution is -2.25. The molecule has 3 rings (SSSR count). The van der Waals surface area contributed by atoms with Crippen LogP contribution in [0.1, 0.15) is 34.8 Å². The Labute approximate surface area is 195 Å². The maximum absolute atomic E-state index is 12.8. The summed E-state index contributed by atoms with van der Waals surface area (Å²) in [6.45, 7) is 3.59. The number of anilines is 1. The summed E-state index contributed by atoms with van der Waals surface area (Å²) < 4.78 is 25.4. The monoisotopic (exact) mass is 529 g/mol. The molecule has 0 radical (unpaired) electrons. The summed E-state index contributed by atoms with van der Waals surface area (Å²) in [5.74, 6) is -0.466. The number of nitrogens with two attached hydrogens (primary N) is 1. The van der Waals surface area contributed by atoms with E-state index in [-0.39, 0.29) is 23.3 Å². The summed E-state index contributed by atoms with van der Waals surface area (Å²) in [6, 6.07) is 7.92. The number of nitrogens with one attached hydrogen (secondary N) is 1. The Morgan fingerprint density at radius 1 is 1.32 bits per heavy atom. The maximum atomic E-state index is 12.8. The van der Waals surface area contributed by atoms with E-state index in [1.54, 1.807) is 19.1 Å². The number of amides is 1. The van der Waals surface area contributed by atoms with E-state index in [9.17, 15) is 18.3 Å². The fourth-order valence-electron chi connectivity index (χ4n) is 3.57. The Morgan fingerprint density at radius 2 is 2.06 bits per heavy atom. The molecule has 1 amide bonds. The van der Waals surface area contributed by atoms with Crippen molar-refractivity contribution >= 4 is 49.0 Å². The number of carbonyl (C=O) groups is 1. The Hall–Kier alpha value is -1.65. The van der Waals surface area contributed by atoms with Crippen molar-refractivity contribution in [3.63, 3.8) is 0 Å². The molecule has 1 saturated heterocycles. The number of β-amino-alcohol motifs (C(OH)–C–C–N with tert-alkyl or cyclic N) is 1. The average molecular weight is 531 g/mol. The predicted octanol–water partition coefficient (Wildman–Crippen LogP) is 2.97. The number of benzene rings is 2. The molecule has 1 unspecified atom stereocenters. The van der Waals surface area contributed by atoms with Crippen LogP contribution in [0.2, 0.25) is 5.02 Å². The minimum Gasteiger partial charge on any atom is -0.398 e. The number of nitrogens with zero attached hydrogens (tertiary/aromatic N) is 1. The van der Waals surface area contributed by atoms with E-state index in [1.165, 1.54) is 18.2 Å². The molecule has 4 N–H and O–H groups in total. The lowest BCUT2D eigenvalue weighted by molar-refractivity contribution is 0.0951. The first kappa shape index (κ1) is 24.0. The number of likely N-dealkylation sites (tertiary alicyclic amines) is 1. The van der Waals surface area contributed by atoms with Gasteiger partial charge in [-0.3, -0.25) is 9.69 Å². The van der Waals surface area contributed by atoms with E-state index in [0.717, 1.165) is 23.0 Å². The van der Waals surface area contributed by atoms with Crippen LogP contribution in [-0.4, -0.2) is 49.3 Å². The molecule has 10 heteroatoms. The van der Waals surface area contributed by atoms with E-state index in [2.05, 4.69) is 26.1 Å². The van der Waals surface area contributed by atoms with Crippen molar-refractivity contribution in [1.82, 2.24) is 10.2 Å². The van der Waals surface area contributed by atoms with Gasteiger partial charge in [-0.2, -0.15) is 0 Å². The third kappa shape index (κ3) is 5.78. The quantitative estimate of drug-likeness (QED) is 0.475. The molecule has 2 aromatic rings. The van der Waals surface area contributed by atoms with Gasteiger partial charge in [0.1, 0.15) is 0 Å². The highest BCUT2D eigenvalue weighted by Crippen LogP contribution is 2.27. The molecular formula is C21H25BrClN3O4S. The van der Waals surface area contributed by atoms with Crippen LogP contribution in [0, 0.1) is 0 Å². The summed E-state index contributed by atoms with van der Waals surface area (Å²) in [6.07, 6.45) is 0.432. The fourth-order valence-corrected chi connectivity index (χ4v) is 5.35. The average Bonchev–Trinajstić information content (AvgIpc) is 3.13. The minimum atomic E-state index is -3.46. The van der Waals surface area contributed by atoms with Crippen LogP contribution >= 0.6 is 27.5 Å². The second-order valence-corrected chi connectivity index (χ2v) is 11.1. The van der Waals surface area contributed by atoms with Gasteiger partial charge in [0.05, 0.1) is 22.3 Å². The number of rotatable bonds is 7. The van der Waals surface area contributed by atoms with E-state index in [0.29, 0.717) is 34.9 Å². The van der Waals surface area contributed by atoms with Gasteiger partial charge in [0, 0.05) is 41.4 Å². The zero-order valence-corrected chi connectivity index (χ0v) is 20.2. The number of nitrogen functional groups attached to an aromatic ring is 1. The van der Waals surface area contributed by atoms with Gasteiger partial charge in [-0.1, -0.05) is 34.5 Å². The molecule has 0 bridgehead atoms. The van der Waals surface area contributed by atoms with Crippen molar-refractivity contribution in [1.29, 1.82) is 0 Å². The van der Waals surface area contributed by atoms with E-state index in [4.69, 9.17) is 17.3 Å². The zero-order chi connectivity index (χ0) is 22.8. The van der Waals surface area contributed by atoms with Gasteiger partial charge in [0.15, 0.2) is 9.84 Å². The Bertz CT molecular complexity index is 1090. The molecule has 0 aliphatic carbocycles. The van der Waals surface area contributed by atoms with E-state index >= 15 is 0 Å². The number of sulfone groups is 1. The molecule has 1 fully saturated rings. The Morgan fingerprint density at radius 3 is 2.71 bits per heavy atom.